The molecule has 0 amide bonds. The number of nitrogens with zero attached hydrogens (tertiary/aromatic N) is 2. The number of rotatable bonds is 1. The quantitative estimate of drug-likeness (QED) is 0.580. The molecule has 2 nitrogen and oxygen atoms in total. The Kier molecular flexibility index (Phi) is 2.86. The average Bonchev–Trinajstić information content (AvgIpc) is 2.58. The van der Waals surface area contributed by atoms with E-state index >= 15 is 0 Å². The number of aromatic nitrogens is 2. The van der Waals surface area contributed by atoms with E-state index in [-0.39, 0.29) is 16.1 Å². The molecule has 2 aromatic rings. The molecule has 0 fully saturated rings. The zero-order chi connectivity index (χ0) is 11.0. The van der Waals surface area contributed by atoms with Gasteiger partial charge < -0.3 is 0 Å². The Hall–Kier alpha value is -0.780. The summed E-state index contributed by atoms with van der Waals surface area (Å²) in [4.78, 5) is 7.39. The lowest BCUT2D eigenvalue weighted by atomic mass is 10.3. The Morgan fingerprint density at radius 1 is 1.13 bits per heavy atom. The Labute approximate surface area is 97.5 Å². The van der Waals surface area contributed by atoms with E-state index in [9.17, 15) is 8.78 Å². The van der Waals surface area contributed by atoms with Gasteiger partial charge in [-0.1, -0.05) is 11.6 Å². The largest absolute Gasteiger partial charge is 0.224 e. The third-order valence-corrected chi connectivity index (χ3v) is 2.89. The van der Waals surface area contributed by atoms with Crippen molar-refractivity contribution < 1.29 is 8.78 Å². The summed E-state index contributed by atoms with van der Waals surface area (Å²) in [7, 11) is 0. The summed E-state index contributed by atoms with van der Waals surface area (Å²) >= 11 is 11.8. The van der Waals surface area contributed by atoms with Crippen molar-refractivity contribution in [1.82, 2.24) is 9.97 Å². The van der Waals surface area contributed by atoms with Crippen LogP contribution in [0.25, 0.3) is 10.6 Å². The van der Waals surface area contributed by atoms with Gasteiger partial charge in [-0.3, -0.25) is 0 Å². The maximum atomic E-state index is 13.4. The minimum absolute atomic E-state index is 0.0890. The summed E-state index contributed by atoms with van der Waals surface area (Å²) in [6, 6.07) is 2.61. The first-order valence-electron chi connectivity index (χ1n) is 3.72. The second-order valence-electron chi connectivity index (χ2n) is 2.55. The third kappa shape index (κ3) is 2.09. The molecule has 0 radical (unpaired) electrons. The molecule has 0 saturated heterocycles. The van der Waals surface area contributed by atoms with Crippen LogP contribution in [0.3, 0.4) is 0 Å². The van der Waals surface area contributed by atoms with Crippen LogP contribution < -0.4 is 0 Å². The molecular formula is C8H2Cl2F2N2S. The standard InChI is InChI=1S/C8H2Cl2F2N2S/c9-7-5(12)6(13-8(10)14-7)3-1-2-4(11)15-3/h1-2H. The molecule has 0 unspecified atom stereocenters. The molecule has 0 aliphatic carbocycles. The number of hydrogen-bond acceptors (Lipinski definition) is 3. The van der Waals surface area contributed by atoms with Gasteiger partial charge in [-0.2, -0.15) is 4.39 Å². The Morgan fingerprint density at radius 3 is 2.47 bits per heavy atom. The van der Waals surface area contributed by atoms with Crippen LogP contribution in [-0.4, -0.2) is 9.97 Å². The zero-order valence-corrected chi connectivity index (χ0v) is 9.30. The Morgan fingerprint density at radius 2 is 1.87 bits per heavy atom. The van der Waals surface area contributed by atoms with Crippen molar-refractivity contribution in [1.29, 1.82) is 0 Å². The van der Waals surface area contributed by atoms with Crippen molar-refractivity contribution in [2.75, 3.05) is 0 Å². The highest BCUT2D eigenvalue weighted by Crippen LogP contribution is 2.30. The van der Waals surface area contributed by atoms with Gasteiger partial charge in [0.2, 0.25) is 5.28 Å². The van der Waals surface area contributed by atoms with Crippen LogP contribution in [0, 0.1) is 10.9 Å². The van der Waals surface area contributed by atoms with Crippen LogP contribution in [0.5, 0.6) is 0 Å². The van der Waals surface area contributed by atoms with Gasteiger partial charge in [-0.15, -0.1) is 11.3 Å². The van der Waals surface area contributed by atoms with Gasteiger partial charge in [-0.05, 0) is 23.7 Å². The molecule has 0 aliphatic rings. The topological polar surface area (TPSA) is 25.8 Å². The minimum atomic E-state index is -0.803. The molecule has 15 heavy (non-hydrogen) atoms. The lowest BCUT2D eigenvalue weighted by molar-refractivity contribution is 0.619. The van der Waals surface area contributed by atoms with E-state index < -0.39 is 10.9 Å². The highest BCUT2D eigenvalue weighted by atomic mass is 35.5. The molecule has 7 heteroatoms. The van der Waals surface area contributed by atoms with Crippen LogP contribution in [-0.2, 0) is 0 Å². The van der Waals surface area contributed by atoms with E-state index in [1.54, 1.807) is 0 Å². The summed E-state index contributed by atoms with van der Waals surface area (Å²) in [5, 5.41) is -0.987. The normalized spacial score (nSPS) is 10.7. The summed E-state index contributed by atoms with van der Waals surface area (Å²) in [5.41, 5.74) is -0.0890. The molecule has 0 spiro atoms. The van der Waals surface area contributed by atoms with E-state index in [4.69, 9.17) is 23.2 Å². The first kappa shape index (κ1) is 10.7. The smallest absolute Gasteiger partial charge is 0.214 e. The van der Waals surface area contributed by atoms with Crippen LogP contribution >= 0.6 is 34.5 Å². The minimum Gasteiger partial charge on any atom is -0.214 e. The maximum absolute atomic E-state index is 13.4. The van der Waals surface area contributed by atoms with Gasteiger partial charge in [-0.25, -0.2) is 14.4 Å². The van der Waals surface area contributed by atoms with Crippen molar-refractivity contribution >= 4 is 34.5 Å². The SMILES string of the molecule is Fc1ccc(-c2nc(Cl)nc(Cl)c2F)s1. The van der Waals surface area contributed by atoms with Crippen molar-refractivity contribution in [3.05, 3.63) is 33.5 Å². The van der Waals surface area contributed by atoms with Crippen molar-refractivity contribution in [2.24, 2.45) is 0 Å². The van der Waals surface area contributed by atoms with Gasteiger partial charge >= 0.3 is 0 Å². The second kappa shape index (κ2) is 4.00. The van der Waals surface area contributed by atoms with E-state index in [1.165, 1.54) is 12.1 Å². The number of halogens is 4. The predicted octanol–water partition coefficient (Wildman–Crippen LogP) is 3.79. The number of hydrogen-bond donors (Lipinski definition) is 0. The highest BCUT2D eigenvalue weighted by Gasteiger charge is 2.15. The molecule has 78 valence electrons. The summed E-state index contributed by atoms with van der Waals surface area (Å²) in [5.74, 6) is -0.803. The zero-order valence-electron chi connectivity index (χ0n) is 6.97. The summed E-state index contributed by atoms with van der Waals surface area (Å²) in [6.45, 7) is 0. The molecule has 0 saturated carbocycles. The molecular weight excluding hydrogens is 265 g/mol. The monoisotopic (exact) mass is 266 g/mol. The van der Waals surface area contributed by atoms with Crippen molar-refractivity contribution in [2.45, 2.75) is 0 Å². The lowest BCUT2D eigenvalue weighted by Crippen LogP contribution is -1.93. The highest BCUT2D eigenvalue weighted by molar-refractivity contribution is 7.13. The summed E-state index contributed by atoms with van der Waals surface area (Å²) < 4.78 is 26.2. The Bertz CT molecular complexity index is 515. The fourth-order valence-electron chi connectivity index (χ4n) is 0.999. The molecule has 2 aromatic heterocycles. The molecule has 2 heterocycles. The van der Waals surface area contributed by atoms with Gasteiger partial charge in [0.1, 0.15) is 5.69 Å². The van der Waals surface area contributed by atoms with Gasteiger partial charge in [0.15, 0.2) is 16.1 Å². The first-order chi connectivity index (χ1) is 7.08. The third-order valence-electron chi connectivity index (χ3n) is 1.59. The summed E-state index contributed by atoms with van der Waals surface area (Å²) in [6.07, 6.45) is 0. The van der Waals surface area contributed by atoms with Gasteiger partial charge in [0.05, 0.1) is 4.88 Å². The first-order valence-corrected chi connectivity index (χ1v) is 5.29. The second-order valence-corrected chi connectivity index (χ2v) is 4.28. The molecule has 0 aromatic carbocycles. The fourth-order valence-corrected chi connectivity index (χ4v) is 2.09. The van der Waals surface area contributed by atoms with Gasteiger partial charge in [0.25, 0.3) is 0 Å². The van der Waals surface area contributed by atoms with Crippen LogP contribution in [0.1, 0.15) is 0 Å². The maximum Gasteiger partial charge on any atom is 0.224 e. The molecule has 2 rings (SSSR count). The van der Waals surface area contributed by atoms with E-state index in [1.807, 2.05) is 0 Å². The molecule has 0 aliphatic heterocycles. The predicted molar refractivity (Wildman–Crippen MR) is 55.3 cm³/mol. The van der Waals surface area contributed by atoms with Crippen molar-refractivity contribution in [3.63, 3.8) is 0 Å². The van der Waals surface area contributed by atoms with E-state index in [0.717, 1.165) is 11.3 Å². The van der Waals surface area contributed by atoms with Gasteiger partial charge in [0, 0.05) is 0 Å². The number of thiophene rings is 1. The van der Waals surface area contributed by atoms with E-state index in [2.05, 4.69) is 9.97 Å². The lowest BCUT2D eigenvalue weighted by Gasteiger charge is -2.00. The Balaban J connectivity index is 2.62. The van der Waals surface area contributed by atoms with Crippen molar-refractivity contribution in [3.8, 4) is 10.6 Å². The van der Waals surface area contributed by atoms with Crippen LogP contribution in [0.15, 0.2) is 12.1 Å². The van der Waals surface area contributed by atoms with Crippen LogP contribution in [0.2, 0.25) is 10.4 Å². The van der Waals surface area contributed by atoms with Crippen LogP contribution in [0.4, 0.5) is 8.78 Å². The molecule has 0 atom stereocenters. The van der Waals surface area contributed by atoms with E-state index in [0.29, 0.717) is 4.88 Å². The molecule has 0 bridgehead atoms. The molecule has 0 N–H and O–H groups in total. The average molecular weight is 267 g/mol. The fraction of sp³-hybridized carbons (Fsp3) is 0.